The zero-order valence-electron chi connectivity index (χ0n) is 13.2. The third kappa shape index (κ3) is 3.67. The van der Waals surface area contributed by atoms with Gasteiger partial charge in [0.05, 0.1) is 6.16 Å². The minimum absolute atomic E-state index is 0. The fourth-order valence-corrected chi connectivity index (χ4v) is 3.90. The molecule has 0 fully saturated rings. The van der Waals surface area contributed by atoms with Crippen LogP contribution in [0, 0.1) is 0 Å². The van der Waals surface area contributed by atoms with E-state index in [4.69, 9.17) is 0 Å². The van der Waals surface area contributed by atoms with Crippen LogP contribution in [0.3, 0.4) is 0 Å². The maximum atomic E-state index is 2.26. The van der Waals surface area contributed by atoms with Crippen molar-refractivity contribution in [3.63, 3.8) is 0 Å². The van der Waals surface area contributed by atoms with Gasteiger partial charge in [-0.25, -0.2) is 0 Å². The molecule has 0 N–H and O–H groups in total. The highest BCUT2D eigenvalue weighted by molar-refractivity contribution is 7.16. The van der Waals surface area contributed by atoms with Crippen molar-refractivity contribution in [2.45, 2.75) is 11.8 Å². The van der Waals surface area contributed by atoms with Gasteiger partial charge >= 0.3 is 0 Å². The summed E-state index contributed by atoms with van der Waals surface area (Å²) in [6.45, 7) is 0. The zero-order chi connectivity index (χ0) is 15.3. The molecule has 0 saturated carbocycles. The molecule has 0 aliphatic heterocycles. The Morgan fingerprint density at radius 3 is 1.13 bits per heavy atom. The topological polar surface area (TPSA) is 0 Å². The molecular weight excluding hydrogens is 410 g/mol. The summed E-state index contributed by atoms with van der Waals surface area (Å²) in [5.74, 6) is 0. The van der Waals surface area contributed by atoms with Crippen molar-refractivity contribution in [3.05, 3.63) is 108 Å². The molecule has 3 aromatic carbocycles. The Bertz CT molecular complexity index is 599. The molecule has 1 unspecified atom stereocenters. The summed E-state index contributed by atoms with van der Waals surface area (Å²) in [5.41, 5.74) is 4.06. The van der Waals surface area contributed by atoms with E-state index in [0.717, 1.165) is 6.42 Å². The third-order valence-electron chi connectivity index (χ3n) is 4.35. The van der Waals surface area contributed by atoms with Gasteiger partial charge in [-0.15, -0.1) is 0 Å². The molecule has 3 rings (SSSR count). The zero-order valence-corrected chi connectivity index (χ0v) is 16.7. The first-order valence-electron chi connectivity index (χ1n) is 7.84. The summed E-state index contributed by atoms with van der Waals surface area (Å²) < 4.78 is 0. The molecule has 23 heavy (non-hydrogen) atoms. The molecule has 0 nitrogen and oxygen atoms in total. The number of benzene rings is 3. The molecule has 0 heterocycles. The van der Waals surface area contributed by atoms with E-state index in [2.05, 4.69) is 100 Å². The fraction of sp³-hybridized carbons (Fsp3) is 0.143. The minimum atomic E-state index is -0.0640. The quantitative estimate of drug-likeness (QED) is 0.329. The van der Waals surface area contributed by atoms with Crippen LogP contribution in [0.1, 0.15) is 23.1 Å². The molecule has 0 amide bonds. The fourth-order valence-electron chi connectivity index (χ4n) is 3.37. The molecule has 1 atom stereocenters. The van der Waals surface area contributed by atoms with Crippen LogP contribution in [0.2, 0.25) is 0 Å². The number of rotatable bonds is 5. The van der Waals surface area contributed by atoms with Gasteiger partial charge < -0.3 is 24.0 Å². The van der Waals surface area contributed by atoms with Crippen molar-refractivity contribution in [1.82, 2.24) is 0 Å². The molecule has 0 bridgehead atoms. The van der Waals surface area contributed by atoms with Gasteiger partial charge in [0.1, 0.15) is 0 Å². The van der Waals surface area contributed by atoms with Crippen LogP contribution in [0.25, 0.3) is 0 Å². The third-order valence-corrected chi connectivity index (χ3v) is 4.71. The Hall–Kier alpha value is -1.18. The van der Waals surface area contributed by atoms with Gasteiger partial charge in [-0.2, -0.15) is 0 Å². The summed E-state index contributed by atoms with van der Waals surface area (Å²) in [4.78, 5) is 0. The maximum absolute atomic E-state index is 2.26. The minimum Gasteiger partial charge on any atom is -1.00 e. The lowest BCUT2D eigenvalue weighted by molar-refractivity contribution is -0.00000423. The van der Waals surface area contributed by atoms with Crippen LogP contribution >= 0.6 is 9.24 Å². The van der Waals surface area contributed by atoms with E-state index in [1.165, 1.54) is 22.9 Å². The highest BCUT2D eigenvalue weighted by Crippen LogP contribution is 2.42. The number of hydrogen-bond acceptors (Lipinski definition) is 0. The van der Waals surface area contributed by atoms with E-state index in [0.29, 0.717) is 0 Å². The van der Waals surface area contributed by atoms with Crippen molar-refractivity contribution in [2.75, 3.05) is 6.16 Å². The predicted molar refractivity (Wildman–Crippen MR) is 99.8 cm³/mol. The van der Waals surface area contributed by atoms with E-state index in [9.17, 15) is 0 Å². The molecule has 0 aliphatic carbocycles. The van der Waals surface area contributed by atoms with Crippen molar-refractivity contribution in [3.8, 4) is 0 Å². The molecule has 0 saturated heterocycles. The average molecular weight is 432 g/mol. The lowest BCUT2D eigenvalue weighted by Crippen LogP contribution is -3.00. The maximum Gasteiger partial charge on any atom is 0.0541 e. The van der Waals surface area contributed by atoms with Gasteiger partial charge in [0, 0.05) is 5.41 Å². The highest BCUT2D eigenvalue weighted by Gasteiger charge is 2.35. The standard InChI is InChI=1S/C21H21P.HI/c22-17-16-21(18-10-4-1-5-11-18,19-12-6-2-7-13-19)20-14-8-3-9-15-20;/h1-15H,16-17,22H2;1H. The molecule has 0 radical (unpaired) electrons. The predicted octanol–water partition coefficient (Wildman–Crippen LogP) is 2.02. The Morgan fingerprint density at radius 2 is 0.870 bits per heavy atom. The van der Waals surface area contributed by atoms with Crippen LogP contribution in [0.15, 0.2) is 91.0 Å². The molecule has 2 heteroatoms. The Balaban J connectivity index is 0.00000192. The Labute approximate surface area is 158 Å². The molecule has 0 spiro atoms. The van der Waals surface area contributed by atoms with Gasteiger partial charge in [-0.05, 0) is 32.4 Å². The molecule has 118 valence electrons. The molecule has 0 aromatic heterocycles. The monoisotopic (exact) mass is 432 g/mol. The summed E-state index contributed by atoms with van der Waals surface area (Å²) in [6, 6.07) is 32.7. The van der Waals surface area contributed by atoms with E-state index in [1.807, 2.05) is 0 Å². The van der Waals surface area contributed by atoms with Gasteiger partial charge in [-0.1, -0.05) is 91.0 Å². The smallest absolute Gasteiger partial charge is 0.0541 e. The summed E-state index contributed by atoms with van der Waals surface area (Å²) in [5, 5.41) is 0. The second kappa shape index (κ2) is 8.61. The van der Waals surface area contributed by atoms with Crippen LogP contribution < -0.4 is 24.0 Å². The first-order valence-corrected chi connectivity index (χ1v) is 8.84. The van der Waals surface area contributed by atoms with Gasteiger partial charge in [-0.3, -0.25) is 0 Å². The van der Waals surface area contributed by atoms with Crippen LogP contribution in [-0.2, 0) is 5.41 Å². The van der Waals surface area contributed by atoms with Crippen LogP contribution in [-0.4, -0.2) is 6.16 Å². The lowest BCUT2D eigenvalue weighted by Gasteiger charge is -2.35. The first-order chi connectivity index (χ1) is 10.9. The Kier molecular flexibility index (Phi) is 6.80. The SMILES string of the molecule is [I-].[PH3+]CCC(c1ccccc1)(c1ccccc1)c1ccccc1. The van der Waals surface area contributed by atoms with Crippen LogP contribution in [0.4, 0.5) is 0 Å². The van der Waals surface area contributed by atoms with E-state index in [1.54, 1.807) is 0 Å². The van der Waals surface area contributed by atoms with Crippen LogP contribution in [0.5, 0.6) is 0 Å². The van der Waals surface area contributed by atoms with Gasteiger partial charge in [0.2, 0.25) is 0 Å². The average Bonchev–Trinajstić information content (AvgIpc) is 2.62. The van der Waals surface area contributed by atoms with Gasteiger partial charge in [0.25, 0.3) is 0 Å². The molecular formula is C21H22IP. The van der Waals surface area contributed by atoms with Gasteiger partial charge in [0.15, 0.2) is 0 Å². The Morgan fingerprint density at radius 1 is 0.565 bits per heavy atom. The number of hydrogen-bond donors (Lipinski definition) is 0. The van der Waals surface area contributed by atoms with E-state index >= 15 is 0 Å². The van der Waals surface area contributed by atoms with Crippen molar-refractivity contribution in [1.29, 1.82) is 0 Å². The molecule has 3 aromatic rings. The lowest BCUT2D eigenvalue weighted by atomic mass is 9.68. The molecule has 0 aliphatic rings. The normalized spacial score (nSPS) is 11.0. The van der Waals surface area contributed by atoms with E-state index in [-0.39, 0.29) is 29.4 Å². The first kappa shape index (κ1) is 18.2. The van der Waals surface area contributed by atoms with Crippen molar-refractivity contribution in [2.24, 2.45) is 0 Å². The second-order valence-electron chi connectivity index (χ2n) is 5.61. The second-order valence-corrected chi connectivity index (χ2v) is 6.31. The highest BCUT2D eigenvalue weighted by atomic mass is 127. The number of halogens is 1. The van der Waals surface area contributed by atoms with Crippen molar-refractivity contribution < 1.29 is 24.0 Å². The van der Waals surface area contributed by atoms with E-state index < -0.39 is 0 Å². The van der Waals surface area contributed by atoms with Crippen molar-refractivity contribution >= 4 is 9.24 Å². The summed E-state index contributed by atoms with van der Waals surface area (Å²) in [6.07, 6.45) is 2.28. The summed E-state index contributed by atoms with van der Waals surface area (Å²) in [7, 11) is 2.06. The largest absolute Gasteiger partial charge is 1.00 e. The summed E-state index contributed by atoms with van der Waals surface area (Å²) >= 11 is 0.